The number of ether oxygens (including phenoxy) is 2. The second-order valence-corrected chi connectivity index (χ2v) is 9.83. The number of carbonyl (C=O) groups excluding carboxylic acids is 2. The van der Waals surface area contributed by atoms with Crippen LogP contribution in [0.1, 0.15) is 23.7 Å². The minimum atomic E-state index is -0.281. The van der Waals surface area contributed by atoms with Crippen molar-refractivity contribution < 1.29 is 24.2 Å². The van der Waals surface area contributed by atoms with E-state index in [-0.39, 0.29) is 25.1 Å². The first-order valence-electron chi connectivity index (χ1n) is 13.8. The molecular formula is C31H35N5O5. The predicted molar refractivity (Wildman–Crippen MR) is 158 cm³/mol. The maximum absolute atomic E-state index is 13.8. The molecule has 4 aromatic rings. The lowest BCUT2D eigenvalue weighted by molar-refractivity contribution is 0.0564. The van der Waals surface area contributed by atoms with E-state index < -0.39 is 0 Å². The van der Waals surface area contributed by atoms with E-state index in [1.165, 1.54) is 0 Å². The van der Waals surface area contributed by atoms with Gasteiger partial charge in [0.05, 0.1) is 38.2 Å². The van der Waals surface area contributed by atoms with Crippen molar-refractivity contribution in [1.29, 1.82) is 0 Å². The van der Waals surface area contributed by atoms with Crippen molar-refractivity contribution in [2.45, 2.75) is 13.3 Å². The number of fused-ring (bicyclic) bond motifs is 1. The van der Waals surface area contributed by atoms with Crippen LogP contribution < -0.4 is 10.1 Å². The largest absolute Gasteiger partial charge is 0.496 e. The Labute approximate surface area is 238 Å². The van der Waals surface area contributed by atoms with Crippen LogP contribution >= 0.6 is 0 Å². The molecule has 0 bridgehead atoms. The number of anilines is 1. The average Bonchev–Trinajstić information content (AvgIpc) is 3.44. The molecule has 5 rings (SSSR count). The number of benzene rings is 2. The van der Waals surface area contributed by atoms with Crippen LogP contribution in [0.15, 0.2) is 60.9 Å². The Bertz CT molecular complexity index is 1520. The van der Waals surface area contributed by atoms with E-state index in [2.05, 4.69) is 15.3 Å². The number of aliphatic hydroxyl groups excluding tert-OH is 1. The summed E-state index contributed by atoms with van der Waals surface area (Å²) in [5.74, 6) is 0.498. The molecule has 1 aliphatic heterocycles. The summed E-state index contributed by atoms with van der Waals surface area (Å²) in [5.41, 5.74) is 4.99. The number of para-hydroxylation sites is 1. The molecule has 41 heavy (non-hydrogen) atoms. The highest BCUT2D eigenvalue weighted by molar-refractivity contribution is 6.05. The van der Waals surface area contributed by atoms with Gasteiger partial charge in [-0.3, -0.25) is 4.79 Å². The maximum Gasteiger partial charge on any atom is 0.322 e. The van der Waals surface area contributed by atoms with E-state index in [9.17, 15) is 14.7 Å². The molecule has 214 valence electrons. The average molecular weight is 558 g/mol. The van der Waals surface area contributed by atoms with Crippen LogP contribution in [-0.4, -0.2) is 89.9 Å². The fourth-order valence-corrected chi connectivity index (χ4v) is 5.10. The van der Waals surface area contributed by atoms with Crippen LogP contribution in [0.3, 0.4) is 0 Å². The second kappa shape index (κ2) is 12.8. The number of methoxy groups -OCH3 is 1. The molecule has 1 aliphatic rings. The summed E-state index contributed by atoms with van der Waals surface area (Å²) in [7, 11) is 1.65. The second-order valence-electron chi connectivity index (χ2n) is 9.83. The topological polar surface area (TPSA) is 120 Å². The summed E-state index contributed by atoms with van der Waals surface area (Å²) >= 11 is 0. The van der Waals surface area contributed by atoms with Gasteiger partial charge in [-0.2, -0.15) is 0 Å². The van der Waals surface area contributed by atoms with E-state index in [0.29, 0.717) is 44.1 Å². The lowest BCUT2D eigenvalue weighted by Crippen LogP contribution is -2.43. The number of carbonyl (C=O) groups is 2. The predicted octanol–water partition coefficient (Wildman–Crippen LogP) is 4.61. The Morgan fingerprint density at radius 1 is 1.10 bits per heavy atom. The van der Waals surface area contributed by atoms with E-state index in [1.54, 1.807) is 35.2 Å². The Morgan fingerprint density at radius 3 is 2.66 bits per heavy atom. The van der Waals surface area contributed by atoms with Crippen molar-refractivity contribution in [3.63, 3.8) is 0 Å². The number of pyridine rings is 1. The zero-order valence-corrected chi connectivity index (χ0v) is 23.4. The van der Waals surface area contributed by atoms with Crippen molar-refractivity contribution >= 4 is 28.7 Å². The third-order valence-corrected chi connectivity index (χ3v) is 7.20. The fraction of sp³-hybridized carbons (Fsp3) is 0.323. The lowest BCUT2D eigenvalue weighted by atomic mass is 9.99. The fourth-order valence-electron chi connectivity index (χ4n) is 5.10. The number of aromatic amines is 1. The van der Waals surface area contributed by atoms with E-state index in [0.717, 1.165) is 45.5 Å². The highest BCUT2D eigenvalue weighted by Gasteiger charge is 2.23. The van der Waals surface area contributed by atoms with Gasteiger partial charge in [-0.25, -0.2) is 9.78 Å². The van der Waals surface area contributed by atoms with Crippen molar-refractivity contribution in [2.75, 3.05) is 58.4 Å². The molecule has 10 nitrogen and oxygen atoms in total. The number of aromatic nitrogens is 2. The minimum Gasteiger partial charge on any atom is -0.496 e. The third-order valence-electron chi connectivity index (χ3n) is 7.20. The number of amides is 3. The van der Waals surface area contributed by atoms with Crippen LogP contribution in [0.4, 0.5) is 10.5 Å². The molecule has 2 aromatic heterocycles. The van der Waals surface area contributed by atoms with Gasteiger partial charge in [0, 0.05) is 60.6 Å². The standard InChI is InChI=1S/C31H35N5O5/c1-3-10-35(11-14-37)30(38)25-17-21(8-9-27(25)34-31(39)36-12-15-41-16-13-36)22-18-24-26(20-33-29(24)32-19-22)23-6-4-5-7-28(23)40-2/h4-9,17-20,37H,3,10-16H2,1-2H3,(H,32,33)(H,34,39). The normalized spacial score (nSPS) is 13.3. The van der Waals surface area contributed by atoms with Crippen LogP contribution in [-0.2, 0) is 4.74 Å². The molecule has 1 saturated heterocycles. The smallest absolute Gasteiger partial charge is 0.322 e. The summed E-state index contributed by atoms with van der Waals surface area (Å²) in [6, 6.07) is 15.0. The molecular weight excluding hydrogens is 522 g/mol. The Balaban J connectivity index is 1.55. The SMILES string of the molecule is CCCN(CCO)C(=O)c1cc(-c2cnc3[nH]cc(-c4ccccc4OC)c3c2)ccc1NC(=O)N1CCOCC1. The summed E-state index contributed by atoms with van der Waals surface area (Å²) in [4.78, 5) is 38.0. The van der Waals surface area contributed by atoms with Gasteiger partial charge in [-0.05, 0) is 36.2 Å². The van der Waals surface area contributed by atoms with Gasteiger partial charge in [0.2, 0.25) is 0 Å². The zero-order chi connectivity index (χ0) is 28.8. The summed E-state index contributed by atoms with van der Waals surface area (Å²) in [5, 5.41) is 13.5. The van der Waals surface area contributed by atoms with Crippen LogP contribution in [0.2, 0.25) is 0 Å². The highest BCUT2D eigenvalue weighted by Crippen LogP contribution is 2.36. The van der Waals surface area contributed by atoms with Crippen LogP contribution in [0.5, 0.6) is 5.75 Å². The molecule has 3 N–H and O–H groups in total. The van der Waals surface area contributed by atoms with Crippen LogP contribution in [0, 0.1) is 0 Å². The van der Waals surface area contributed by atoms with Gasteiger partial charge in [0.1, 0.15) is 11.4 Å². The maximum atomic E-state index is 13.8. The lowest BCUT2D eigenvalue weighted by Gasteiger charge is -2.28. The van der Waals surface area contributed by atoms with Gasteiger partial charge in [-0.1, -0.05) is 31.2 Å². The number of nitrogens with one attached hydrogen (secondary N) is 2. The van der Waals surface area contributed by atoms with Gasteiger partial charge in [-0.15, -0.1) is 0 Å². The van der Waals surface area contributed by atoms with Crippen molar-refractivity contribution in [3.05, 3.63) is 66.5 Å². The third kappa shape index (κ3) is 6.03. The van der Waals surface area contributed by atoms with Crippen LogP contribution in [0.25, 0.3) is 33.3 Å². The first-order valence-corrected chi connectivity index (χ1v) is 13.8. The number of aliphatic hydroxyl groups is 1. The molecule has 0 radical (unpaired) electrons. The molecule has 0 saturated carbocycles. The minimum absolute atomic E-state index is 0.152. The monoisotopic (exact) mass is 557 g/mol. The Morgan fingerprint density at radius 2 is 1.90 bits per heavy atom. The first-order chi connectivity index (χ1) is 20.0. The van der Waals surface area contributed by atoms with Gasteiger partial charge in [0.15, 0.2) is 0 Å². The number of urea groups is 1. The number of rotatable bonds is 9. The number of hydrogen-bond acceptors (Lipinski definition) is 6. The Hall–Kier alpha value is -4.41. The van der Waals surface area contributed by atoms with E-state index in [1.807, 2.05) is 49.5 Å². The molecule has 0 unspecified atom stereocenters. The summed E-state index contributed by atoms with van der Waals surface area (Å²) in [6.07, 6.45) is 4.41. The molecule has 3 amide bonds. The molecule has 3 heterocycles. The van der Waals surface area contributed by atoms with E-state index in [4.69, 9.17) is 9.47 Å². The molecule has 0 spiro atoms. The molecule has 2 aromatic carbocycles. The molecule has 0 aliphatic carbocycles. The number of H-pyrrole nitrogens is 1. The summed E-state index contributed by atoms with van der Waals surface area (Å²) < 4.78 is 11.0. The molecule has 10 heteroatoms. The number of hydrogen-bond donors (Lipinski definition) is 3. The molecule has 1 fully saturated rings. The quantitative estimate of drug-likeness (QED) is 0.276. The first kappa shape index (κ1) is 28.1. The van der Waals surface area contributed by atoms with Gasteiger partial charge >= 0.3 is 6.03 Å². The highest BCUT2D eigenvalue weighted by atomic mass is 16.5. The van der Waals surface area contributed by atoms with Crippen molar-refractivity contribution in [1.82, 2.24) is 19.8 Å². The van der Waals surface area contributed by atoms with Crippen molar-refractivity contribution in [3.8, 4) is 28.0 Å². The summed E-state index contributed by atoms with van der Waals surface area (Å²) in [6.45, 7) is 4.43. The number of morpholine rings is 1. The zero-order valence-electron chi connectivity index (χ0n) is 23.4. The van der Waals surface area contributed by atoms with E-state index >= 15 is 0 Å². The Kier molecular flexibility index (Phi) is 8.81. The number of nitrogens with zero attached hydrogens (tertiary/aromatic N) is 3. The van der Waals surface area contributed by atoms with Gasteiger partial charge in [0.25, 0.3) is 5.91 Å². The van der Waals surface area contributed by atoms with Gasteiger partial charge < -0.3 is 34.7 Å². The van der Waals surface area contributed by atoms with Crippen molar-refractivity contribution in [2.24, 2.45) is 0 Å². The molecule has 0 atom stereocenters.